The molecule has 1 heterocycles. The van der Waals surface area contributed by atoms with Gasteiger partial charge in [-0.2, -0.15) is 0 Å². The Morgan fingerprint density at radius 2 is 1.74 bits per heavy atom. The van der Waals surface area contributed by atoms with Crippen molar-refractivity contribution in [2.24, 2.45) is 0 Å². The second kappa shape index (κ2) is 12.8. The summed E-state index contributed by atoms with van der Waals surface area (Å²) in [6.45, 7) is 6.52. The lowest BCUT2D eigenvalue weighted by molar-refractivity contribution is -0.384. The number of nitro benzene ring substituents is 1. The zero-order chi connectivity index (χ0) is 27.9. The molecule has 0 bridgehead atoms. The third kappa shape index (κ3) is 6.96. The van der Waals surface area contributed by atoms with E-state index in [1.54, 1.807) is 18.2 Å². The number of halogens is 1. The van der Waals surface area contributed by atoms with Crippen molar-refractivity contribution in [3.8, 4) is 11.5 Å². The van der Waals surface area contributed by atoms with E-state index in [9.17, 15) is 19.7 Å². The highest BCUT2D eigenvalue weighted by atomic mass is 79.9. The molecule has 0 radical (unpaired) electrons. The average Bonchev–Trinajstić information content (AvgIpc) is 3.17. The largest absolute Gasteiger partial charge is 0.490 e. The lowest BCUT2D eigenvalue weighted by Gasteiger charge is -2.17. The second-order valence-corrected chi connectivity index (χ2v) is 10.4. The Hall–Kier alpha value is -3.89. The molecule has 3 aromatic rings. The number of rotatable bonds is 11. The normalized spacial score (nSPS) is 14.1. The maximum absolute atomic E-state index is 13.1. The molecule has 10 heteroatoms. The highest BCUT2D eigenvalue weighted by Crippen LogP contribution is 2.38. The minimum absolute atomic E-state index is 0.0226. The van der Waals surface area contributed by atoms with E-state index in [1.165, 1.54) is 24.3 Å². The number of non-ortho nitro benzene ring substituents is 1. The number of allylic oxidation sites excluding steroid dienone is 1. The van der Waals surface area contributed by atoms with Crippen LogP contribution in [0.25, 0.3) is 6.08 Å². The number of imide groups is 1. The predicted octanol–water partition coefficient (Wildman–Crippen LogP) is 7.30. The summed E-state index contributed by atoms with van der Waals surface area (Å²) < 4.78 is 13.1. The van der Waals surface area contributed by atoms with E-state index in [-0.39, 0.29) is 17.1 Å². The average molecular weight is 609 g/mol. The molecule has 0 aliphatic carbocycles. The van der Waals surface area contributed by atoms with Crippen LogP contribution < -0.4 is 9.47 Å². The molecule has 8 nitrogen and oxygen atoms in total. The van der Waals surface area contributed by atoms with Crippen LogP contribution in [-0.2, 0) is 24.4 Å². The number of carbonyl (C=O) groups excluding carboxylic acids is 2. The van der Waals surface area contributed by atoms with E-state index in [0.29, 0.717) is 42.3 Å². The Morgan fingerprint density at radius 1 is 1.05 bits per heavy atom. The molecule has 0 N–H and O–H groups in total. The monoisotopic (exact) mass is 608 g/mol. The summed E-state index contributed by atoms with van der Waals surface area (Å²) in [6.07, 6.45) is 3.94. The van der Waals surface area contributed by atoms with Crippen LogP contribution in [0.2, 0.25) is 0 Å². The van der Waals surface area contributed by atoms with Gasteiger partial charge in [0, 0.05) is 22.2 Å². The summed E-state index contributed by atoms with van der Waals surface area (Å²) in [5.74, 6) is 0.704. The molecule has 1 aliphatic heterocycles. The number of hydrogen-bond acceptors (Lipinski definition) is 7. The summed E-state index contributed by atoms with van der Waals surface area (Å²) >= 11 is 4.28. The molecule has 1 saturated heterocycles. The molecule has 1 aliphatic rings. The van der Waals surface area contributed by atoms with Gasteiger partial charge in [0.15, 0.2) is 11.5 Å². The number of amides is 2. The van der Waals surface area contributed by atoms with Crippen molar-refractivity contribution < 1.29 is 24.0 Å². The first-order valence-corrected chi connectivity index (χ1v) is 13.7. The molecule has 0 unspecified atom stereocenters. The molecular formula is C29H25BrN2O6S. The van der Waals surface area contributed by atoms with Gasteiger partial charge in [-0.15, -0.1) is 6.58 Å². The molecule has 39 heavy (non-hydrogen) atoms. The Morgan fingerprint density at radius 3 is 2.38 bits per heavy atom. The van der Waals surface area contributed by atoms with E-state index >= 15 is 0 Å². The van der Waals surface area contributed by atoms with E-state index in [1.807, 2.05) is 37.3 Å². The Balaban J connectivity index is 1.58. The molecule has 0 spiro atoms. The van der Waals surface area contributed by atoms with Crippen LogP contribution in [0.3, 0.4) is 0 Å². The molecule has 200 valence electrons. The predicted molar refractivity (Wildman–Crippen MR) is 155 cm³/mol. The van der Waals surface area contributed by atoms with Crippen LogP contribution in [0.15, 0.2) is 82.7 Å². The molecule has 0 atom stereocenters. The van der Waals surface area contributed by atoms with Gasteiger partial charge in [-0.3, -0.25) is 24.6 Å². The summed E-state index contributed by atoms with van der Waals surface area (Å²) in [5.41, 5.74) is 3.08. The number of hydrogen-bond donors (Lipinski definition) is 0. The molecular weight excluding hydrogens is 584 g/mol. The van der Waals surface area contributed by atoms with Crippen LogP contribution in [0.4, 0.5) is 10.5 Å². The zero-order valence-corrected chi connectivity index (χ0v) is 23.5. The molecule has 3 aromatic carbocycles. The molecule has 1 fully saturated rings. The minimum atomic E-state index is -0.499. The standard InChI is InChI=1S/C29H25BrN2O6S/c1-3-5-22-14-21(15-25(37-4-2)27(22)38-18-20-6-10-23(30)11-7-20)16-26-28(33)31(29(34)39-26)17-19-8-12-24(13-9-19)32(35)36/h3,6-16H,1,4-5,17-18H2,2H3/b26-16+. The Labute approximate surface area is 238 Å². The first kappa shape index (κ1) is 28.1. The van der Waals surface area contributed by atoms with Gasteiger partial charge < -0.3 is 9.47 Å². The maximum atomic E-state index is 13.1. The summed E-state index contributed by atoms with van der Waals surface area (Å²) in [7, 11) is 0. The topological polar surface area (TPSA) is 99.0 Å². The van der Waals surface area contributed by atoms with Crippen LogP contribution in [0, 0.1) is 10.1 Å². The van der Waals surface area contributed by atoms with Crippen LogP contribution >= 0.6 is 27.7 Å². The van der Waals surface area contributed by atoms with E-state index in [4.69, 9.17) is 9.47 Å². The van der Waals surface area contributed by atoms with Crippen molar-refractivity contribution in [1.29, 1.82) is 0 Å². The number of benzene rings is 3. The fourth-order valence-electron chi connectivity index (χ4n) is 3.93. The number of nitrogens with zero attached hydrogens (tertiary/aromatic N) is 2. The number of nitro groups is 1. The van der Waals surface area contributed by atoms with E-state index in [2.05, 4.69) is 22.5 Å². The smallest absolute Gasteiger partial charge is 0.293 e. The van der Waals surface area contributed by atoms with Crippen LogP contribution in [0.5, 0.6) is 11.5 Å². The SMILES string of the molecule is C=CCc1cc(/C=C2/SC(=O)N(Cc3ccc([N+](=O)[O-])cc3)C2=O)cc(OCC)c1OCc1ccc(Br)cc1. The van der Waals surface area contributed by atoms with Crippen molar-refractivity contribution in [3.05, 3.63) is 115 Å². The number of ether oxygens (including phenoxy) is 2. The van der Waals surface area contributed by atoms with E-state index < -0.39 is 16.1 Å². The molecule has 4 rings (SSSR count). The van der Waals surface area contributed by atoms with Crippen molar-refractivity contribution in [3.63, 3.8) is 0 Å². The van der Waals surface area contributed by atoms with Crippen LogP contribution in [-0.4, -0.2) is 27.6 Å². The van der Waals surface area contributed by atoms with Gasteiger partial charge in [0.05, 0.1) is 23.0 Å². The van der Waals surface area contributed by atoms with Gasteiger partial charge in [-0.05, 0) is 72.1 Å². The molecule has 2 amide bonds. The third-order valence-corrected chi connectivity index (χ3v) is 7.21. The quantitative estimate of drug-likeness (QED) is 0.0974. The maximum Gasteiger partial charge on any atom is 0.293 e. The van der Waals surface area contributed by atoms with Gasteiger partial charge in [0.25, 0.3) is 16.8 Å². The number of thioether (sulfide) groups is 1. The van der Waals surface area contributed by atoms with Crippen molar-refractivity contribution in [2.45, 2.75) is 26.5 Å². The fraction of sp³-hybridized carbons (Fsp3) is 0.172. The van der Waals surface area contributed by atoms with Crippen molar-refractivity contribution >= 4 is 50.6 Å². The first-order valence-electron chi connectivity index (χ1n) is 12.1. The van der Waals surface area contributed by atoms with Gasteiger partial charge in [0.1, 0.15) is 6.61 Å². The van der Waals surface area contributed by atoms with Gasteiger partial charge in [0.2, 0.25) is 0 Å². The highest BCUT2D eigenvalue weighted by molar-refractivity contribution is 9.10. The fourth-order valence-corrected chi connectivity index (χ4v) is 5.03. The van der Waals surface area contributed by atoms with Gasteiger partial charge >= 0.3 is 0 Å². The minimum Gasteiger partial charge on any atom is -0.490 e. The highest BCUT2D eigenvalue weighted by Gasteiger charge is 2.35. The third-order valence-electron chi connectivity index (χ3n) is 5.77. The van der Waals surface area contributed by atoms with Crippen molar-refractivity contribution in [2.75, 3.05) is 6.61 Å². The number of carbonyl (C=O) groups is 2. The lowest BCUT2D eigenvalue weighted by Crippen LogP contribution is -2.27. The zero-order valence-electron chi connectivity index (χ0n) is 21.1. The second-order valence-electron chi connectivity index (χ2n) is 8.54. The van der Waals surface area contributed by atoms with Gasteiger partial charge in [-0.25, -0.2) is 0 Å². The van der Waals surface area contributed by atoms with E-state index in [0.717, 1.165) is 32.3 Å². The molecule has 0 aromatic heterocycles. The van der Waals surface area contributed by atoms with Crippen LogP contribution in [0.1, 0.15) is 29.2 Å². The lowest BCUT2D eigenvalue weighted by atomic mass is 10.0. The van der Waals surface area contributed by atoms with Gasteiger partial charge in [-0.1, -0.05) is 46.3 Å². The Kier molecular flexibility index (Phi) is 9.21. The molecule has 0 saturated carbocycles. The first-order chi connectivity index (χ1) is 18.8. The van der Waals surface area contributed by atoms with Crippen molar-refractivity contribution in [1.82, 2.24) is 4.90 Å². The summed E-state index contributed by atoms with van der Waals surface area (Å²) in [4.78, 5) is 37.6. The summed E-state index contributed by atoms with van der Waals surface area (Å²) in [6, 6.07) is 17.3. The summed E-state index contributed by atoms with van der Waals surface area (Å²) in [5, 5.41) is 10.5. The Bertz CT molecular complexity index is 1440.